The normalized spacial score (nSPS) is 14.7. The van der Waals surface area contributed by atoms with E-state index in [1.54, 1.807) is 16.7 Å². The number of anilines is 1. The van der Waals surface area contributed by atoms with Crippen molar-refractivity contribution in [2.45, 2.75) is 49.4 Å². The van der Waals surface area contributed by atoms with Crippen molar-refractivity contribution in [3.05, 3.63) is 35.4 Å². The minimum Gasteiger partial charge on any atom is -0.322 e. The summed E-state index contributed by atoms with van der Waals surface area (Å²) in [5.74, 6) is -0.313. The van der Waals surface area contributed by atoms with Crippen molar-refractivity contribution in [3.63, 3.8) is 0 Å². The van der Waals surface area contributed by atoms with E-state index in [1.165, 1.54) is 11.3 Å². The maximum Gasteiger partial charge on any atom is 0.255 e. The number of aromatic nitrogens is 2. The van der Waals surface area contributed by atoms with Crippen LogP contribution >= 0.6 is 23.1 Å². The van der Waals surface area contributed by atoms with E-state index in [0.29, 0.717) is 28.9 Å². The summed E-state index contributed by atoms with van der Waals surface area (Å²) in [5, 5.41) is 11.8. The van der Waals surface area contributed by atoms with E-state index in [1.807, 2.05) is 31.2 Å². The lowest BCUT2D eigenvalue weighted by molar-refractivity contribution is -0.120. The Morgan fingerprint density at radius 1 is 1.36 bits per heavy atom. The SMILES string of the molecule is CCC(C(=O)Nc1nnc(SC(C)C)s1)N1Cc2ccccc2C1=O. The molecule has 0 saturated heterocycles. The van der Waals surface area contributed by atoms with Gasteiger partial charge in [0.1, 0.15) is 6.04 Å². The molecule has 132 valence electrons. The number of carbonyl (C=O) groups is 2. The second-order valence-electron chi connectivity index (χ2n) is 6.04. The van der Waals surface area contributed by atoms with Gasteiger partial charge in [0, 0.05) is 17.4 Å². The molecule has 0 radical (unpaired) electrons. The van der Waals surface area contributed by atoms with Crippen molar-refractivity contribution in [3.8, 4) is 0 Å². The van der Waals surface area contributed by atoms with Crippen LogP contribution < -0.4 is 5.32 Å². The summed E-state index contributed by atoms with van der Waals surface area (Å²) in [5.41, 5.74) is 1.64. The lowest BCUT2D eigenvalue weighted by atomic mass is 10.1. The van der Waals surface area contributed by atoms with Crippen LogP contribution in [0.5, 0.6) is 0 Å². The van der Waals surface area contributed by atoms with Gasteiger partial charge in [-0.3, -0.25) is 14.9 Å². The van der Waals surface area contributed by atoms with Crippen LogP contribution in [0.2, 0.25) is 0 Å². The first-order valence-electron chi connectivity index (χ1n) is 8.19. The molecule has 0 fully saturated rings. The third-order valence-electron chi connectivity index (χ3n) is 3.89. The zero-order chi connectivity index (χ0) is 18.0. The first kappa shape index (κ1) is 17.9. The van der Waals surface area contributed by atoms with Gasteiger partial charge < -0.3 is 4.90 Å². The van der Waals surface area contributed by atoms with Gasteiger partial charge in [0.25, 0.3) is 5.91 Å². The highest BCUT2D eigenvalue weighted by molar-refractivity contribution is 8.01. The van der Waals surface area contributed by atoms with Crippen LogP contribution in [-0.4, -0.2) is 38.2 Å². The molecule has 1 aromatic heterocycles. The Balaban J connectivity index is 1.70. The molecule has 1 aromatic carbocycles. The number of hydrogen-bond acceptors (Lipinski definition) is 6. The number of amides is 2. The second kappa shape index (κ2) is 7.53. The van der Waals surface area contributed by atoms with Crippen LogP contribution in [0, 0.1) is 0 Å². The topological polar surface area (TPSA) is 75.2 Å². The molecule has 0 saturated carbocycles. The van der Waals surface area contributed by atoms with Gasteiger partial charge in [0.15, 0.2) is 4.34 Å². The molecular weight excluding hydrogens is 356 g/mol. The first-order chi connectivity index (χ1) is 12.0. The number of hydrogen-bond donors (Lipinski definition) is 1. The largest absolute Gasteiger partial charge is 0.322 e. The lowest BCUT2D eigenvalue weighted by Gasteiger charge is -2.25. The molecule has 25 heavy (non-hydrogen) atoms. The second-order valence-corrected chi connectivity index (χ2v) is 8.84. The predicted molar refractivity (Wildman–Crippen MR) is 99.9 cm³/mol. The molecule has 6 nitrogen and oxygen atoms in total. The van der Waals surface area contributed by atoms with Crippen LogP contribution in [0.1, 0.15) is 43.1 Å². The zero-order valence-electron chi connectivity index (χ0n) is 14.4. The maximum atomic E-state index is 12.7. The van der Waals surface area contributed by atoms with Crippen LogP contribution in [0.3, 0.4) is 0 Å². The number of rotatable bonds is 6. The Kier molecular flexibility index (Phi) is 5.39. The summed E-state index contributed by atoms with van der Waals surface area (Å²) in [7, 11) is 0. The quantitative estimate of drug-likeness (QED) is 0.618. The molecule has 1 atom stereocenters. The van der Waals surface area contributed by atoms with E-state index in [0.717, 1.165) is 9.90 Å². The molecule has 2 amide bonds. The molecule has 3 rings (SSSR count). The van der Waals surface area contributed by atoms with Gasteiger partial charge >= 0.3 is 0 Å². The fourth-order valence-corrected chi connectivity index (χ4v) is 4.75. The maximum absolute atomic E-state index is 12.7. The summed E-state index contributed by atoms with van der Waals surface area (Å²) in [4.78, 5) is 26.9. The van der Waals surface area contributed by atoms with Gasteiger partial charge in [-0.15, -0.1) is 10.2 Å². The fraction of sp³-hybridized carbons (Fsp3) is 0.412. The van der Waals surface area contributed by atoms with Gasteiger partial charge in [0.2, 0.25) is 11.0 Å². The Hall–Kier alpha value is -1.93. The van der Waals surface area contributed by atoms with Crippen LogP contribution in [0.4, 0.5) is 5.13 Å². The predicted octanol–water partition coefficient (Wildman–Crippen LogP) is 3.41. The van der Waals surface area contributed by atoms with Gasteiger partial charge in [-0.25, -0.2) is 0 Å². The first-order valence-corrected chi connectivity index (χ1v) is 9.89. The number of nitrogens with zero attached hydrogens (tertiary/aromatic N) is 3. The molecule has 1 aliphatic heterocycles. The molecule has 2 aromatic rings. The van der Waals surface area contributed by atoms with E-state index < -0.39 is 6.04 Å². The lowest BCUT2D eigenvalue weighted by Crippen LogP contribution is -2.43. The number of nitrogens with one attached hydrogen (secondary N) is 1. The Morgan fingerprint density at radius 3 is 2.80 bits per heavy atom. The molecule has 0 spiro atoms. The van der Waals surface area contributed by atoms with Gasteiger partial charge in [0.05, 0.1) is 0 Å². The molecule has 0 aliphatic carbocycles. The standard InChI is InChI=1S/C17H20N4O2S2/c1-4-13(21-9-11-7-5-6-8-12(11)15(21)23)14(22)18-16-19-20-17(25-16)24-10(2)3/h5-8,10,13H,4,9H2,1-3H3,(H,18,19,22). The summed E-state index contributed by atoms with van der Waals surface area (Å²) in [6.07, 6.45) is 0.540. The summed E-state index contributed by atoms with van der Waals surface area (Å²) < 4.78 is 0.822. The average molecular weight is 377 g/mol. The average Bonchev–Trinajstić information content (AvgIpc) is 3.13. The molecule has 1 N–H and O–H groups in total. The van der Waals surface area contributed by atoms with Crippen molar-refractivity contribution < 1.29 is 9.59 Å². The Morgan fingerprint density at radius 2 is 2.12 bits per heavy atom. The third kappa shape index (κ3) is 3.85. The smallest absolute Gasteiger partial charge is 0.255 e. The number of carbonyl (C=O) groups excluding carboxylic acids is 2. The van der Waals surface area contributed by atoms with Crippen molar-refractivity contribution in [2.24, 2.45) is 0 Å². The summed E-state index contributed by atoms with van der Waals surface area (Å²) in [6, 6.07) is 6.97. The van der Waals surface area contributed by atoms with Gasteiger partial charge in [-0.1, -0.05) is 62.1 Å². The van der Waals surface area contributed by atoms with E-state index in [2.05, 4.69) is 29.4 Å². The zero-order valence-corrected chi connectivity index (χ0v) is 16.0. The van der Waals surface area contributed by atoms with Gasteiger partial charge in [-0.05, 0) is 18.1 Å². The van der Waals surface area contributed by atoms with E-state index in [9.17, 15) is 9.59 Å². The van der Waals surface area contributed by atoms with Crippen LogP contribution in [0.25, 0.3) is 0 Å². The van der Waals surface area contributed by atoms with E-state index >= 15 is 0 Å². The fourth-order valence-electron chi connectivity index (χ4n) is 2.77. The number of thioether (sulfide) groups is 1. The molecule has 0 bridgehead atoms. The Labute approximate surface area is 155 Å². The summed E-state index contributed by atoms with van der Waals surface area (Å²) >= 11 is 2.96. The van der Waals surface area contributed by atoms with E-state index in [-0.39, 0.29) is 11.8 Å². The van der Waals surface area contributed by atoms with Gasteiger partial charge in [-0.2, -0.15) is 0 Å². The highest BCUT2D eigenvalue weighted by Crippen LogP contribution is 2.29. The van der Waals surface area contributed by atoms with Crippen molar-refractivity contribution in [2.75, 3.05) is 5.32 Å². The van der Waals surface area contributed by atoms with Crippen LogP contribution in [0.15, 0.2) is 28.6 Å². The van der Waals surface area contributed by atoms with Crippen molar-refractivity contribution in [1.29, 1.82) is 0 Å². The third-order valence-corrected chi connectivity index (χ3v) is 5.81. The molecule has 1 unspecified atom stereocenters. The number of fused-ring (bicyclic) bond motifs is 1. The minimum absolute atomic E-state index is 0.0917. The van der Waals surface area contributed by atoms with E-state index in [4.69, 9.17) is 0 Å². The molecular formula is C17H20N4O2S2. The molecule has 8 heteroatoms. The highest BCUT2D eigenvalue weighted by Gasteiger charge is 2.35. The van der Waals surface area contributed by atoms with Crippen LogP contribution in [-0.2, 0) is 11.3 Å². The van der Waals surface area contributed by atoms with Crippen molar-refractivity contribution in [1.82, 2.24) is 15.1 Å². The summed E-state index contributed by atoms with van der Waals surface area (Å²) in [6.45, 7) is 6.52. The van der Waals surface area contributed by atoms with Crippen molar-refractivity contribution >= 4 is 40.0 Å². The molecule has 1 aliphatic rings. The monoisotopic (exact) mass is 376 g/mol. The minimum atomic E-state index is -0.523. The highest BCUT2D eigenvalue weighted by atomic mass is 32.2. The number of benzene rings is 1. The Bertz CT molecular complexity index is 790. The molecule has 2 heterocycles.